The van der Waals surface area contributed by atoms with E-state index in [-0.39, 0.29) is 30.6 Å². The van der Waals surface area contributed by atoms with Gasteiger partial charge in [0.15, 0.2) is 5.52 Å². The van der Waals surface area contributed by atoms with E-state index in [1.54, 1.807) is 43.5 Å². The first-order valence-corrected chi connectivity index (χ1v) is 10.6. The number of hydrogen-bond donors (Lipinski definition) is 1. The van der Waals surface area contributed by atoms with Crippen molar-refractivity contribution in [1.29, 1.82) is 0 Å². The maximum absolute atomic E-state index is 13.3. The fourth-order valence-electron chi connectivity index (χ4n) is 4.11. The van der Waals surface area contributed by atoms with E-state index in [9.17, 15) is 14.4 Å². The van der Waals surface area contributed by atoms with E-state index in [0.29, 0.717) is 11.3 Å². The number of rotatable bonds is 6. The van der Waals surface area contributed by atoms with Crippen LogP contribution < -0.4 is 21.3 Å². The molecule has 0 radical (unpaired) electrons. The van der Waals surface area contributed by atoms with Crippen LogP contribution in [0.5, 0.6) is 5.75 Å². The normalized spacial score (nSPS) is 14.5. The molecule has 0 bridgehead atoms. The van der Waals surface area contributed by atoms with Gasteiger partial charge in [-0.3, -0.25) is 18.7 Å². The summed E-state index contributed by atoms with van der Waals surface area (Å²) >= 11 is 0. The number of carbonyl (C=O) groups is 1. The first-order chi connectivity index (χ1) is 15.1. The van der Waals surface area contributed by atoms with Crippen LogP contribution in [0.1, 0.15) is 37.7 Å². The second-order valence-corrected chi connectivity index (χ2v) is 7.88. The van der Waals surface area contributed by atoms with Crippen LogP contribution in [0.2, 0.25) is 0 Å². The minimum atomic E-state index is -0.528. The molecule has 0 unspecified atom stereocenters. The van der Waals surface area contributed by atoms with Gasteiger partial charge in [-0.15, -0.1) is 0 Å². The molecular weight excluding hydrogens is 396 g/mol. The number of hydrogen-bond acceptors (Lipinski definition) is 5. The molecule has 4 rings (SSSR count). The summed E-state index contributed by atoms with van der Waals surface area (Å²) in [4.78, 5) is 43.1. The van der Waals surface area contributed by atoms with Crippen molar-refractivity contribution in [2.45, 2.75) is 51.2 Å². The Bertz CT molecular complexity index is 1190. The molecule has 1 fully saturated rings. The number of amides is 1. The van der Waals surface area contributed by atoms with Gasteiger partial charge in [0.1, 0.15) is 12.3 Å². The lowest BCUT2D eigenvalue weighted by molar-refractivity contribution is -0.122. The summed E-state index contributed by atoms with van der Waals surface area (Å²) in [6.07, 6.45) is 6.83. The molecule has 8 heteroatoms. The van der Waals surface area contributed by atoms with Crippen molar-refractivity contribution in [2.75, 3.05) is 7.11 Å². The number of benzene rings is 1. The number of pyridine rings is 1. The lowest BCUT2D eigenvalue weighted by atomic mass is 9.95. The molecule has 0 atom stereocenters. The Hall–Kier alpha value is -3.42. The summed E-state index contributed by atoms with van der Waals surface area (Å²) in [6, 6.07) is 10.6. The Kier molecular flexibility index (Phi) is 6.16. The Labute approximate surface area is 179 Å². The van der Waals surface area contributed by atoms with Crippen LogP contribution in [0.3, 0.4) is 0 Å². The maximum atomic E-state index is 13.3. The third-order valence-corrected chi connectivity index (χ3v) is 5.76. The molecule has 0 saturated heterocycles. The number of nitrogens with one attached hydrogen (secondary N) is 1. The number of nitrogens with zero attached hydrogens (tertiary/aromatic N) is 3. The van der Waals surface area contributed by atoms with Gasteiger partial charge in [0.25, 0.3) is 5.56 Å². The summed E-state index contributed by atoms with van der Waals surface area (Å²) in [6.45, 7) is -0.0706. The second-order valence-electron chi connectivity index (χ2n) is 7.88. The molecule has 1 aromatic carbocycles. The Morgan fingerprint density at radius 1 is 1.10 bits per heavy atom. The molecule has 3 aromatic rings. The SMILES string of the molecule is COc1ccc(Cn2c(=O)c3ncccc3n(CC(=O)NC3CCCCC3)c2=O)cc1. The molecule has 0 aliphatic heterocycles. The van der Waals surface area contributed by atoms with Crippen molar-refractivity contribution in [3.63, 3.8) is 0 Å². The summed E-state index contributed by atoms with van der Waals surface area (Å²) < 4.78 is 7.63. The first kappa shape index (κ1) is 20.8. The zero-order valence-electron chi connectivity index (χ0n) is 17.5. The van der Waals surface area contributed by atoms with E-state index in [0.717, 1.165) is 35.8 Å². The van der Waals surface area contributed by atoms with Gasteiger partial charge in [0, 0.05) is 12.2 Å². The Balaban J connectivity index is 1.69. The van der Waals surface area contributed by atoms with E-state index < -0.39 is 11.2 Å². The lowest BCUT2D eigenvalue weighted by Crippen LogP contribution is -2.44. The van der Waals surface area contributed by atoms with Gasteiger partial charge in [-0.2, -0.15) is 0 Å². The van der Waals surface area contributed by atoms with Crippen LogP contribution in [-0.4, -0.2) is 33.2 Å². The van der Waals surface area contributed by atoms with Gasteiger partial charge in [-0.05, 0) is 42.7 Å². The molecule has 31 heavy (non-hydrogen) atoms. The topological polar surface area (TPSA) is 95.2 Å². The van der Waals surface area contributed by atoms with E-state index in [4.69, 9.17) is 4.74 Å². The minimum Gasteiger partial charge on any atom is -0.497 e. The smallest absolute Gasteiger partial charge is 0.332 e. The molecular formula is C23H26N4O4. The largest absolute Gasteiger partial charge is 0.497 e. The zero-order valence-corrected chi connectivity index (χ0v) is 17.5. The number of aromatic nitrogens is 3. The quantitative estimate of drug-likeness (QED) is 0.656. The lowest BCUT2D eigenvalue weighted by Gasteiger charge is -2.23. The van der Waals surface area contributed by atoms with Crippen molar-refractivity contribution < 1.29 is 9.53 Å². The monoisotopic (exact) mass is 422 g/mol. The minimum absolute atomic E-state index is 0.0818. The van der Waals surface area contributed by atoms with Crippen LogP contribution >= 0.6 is 0 Å². The van der Waals surface area contributed by atoms with Crippen LogP contribution in [0, 0.1) is 0 Å². The molecule has 1 aliphatic rings. The van der Waals surface area contributed by atoms with Crippen LogP contribution in [0.25, 0.3) is 11.0 Å². The van der Waals surface area contributed by atoms with Crippen LogP contribution in [-0.2, 0) is 17.9 Å². The average molecular weight is 422 g/mol. The number of fused-ring (bicyclic) bond motifs is 1. The standard InChI is InChI=1S/C23H26N4O4/c1-31-18-11-9-16(10-12-18)14-27-22(29)21-19(8-5-13-24-21)26(23(27)30)15-20(28)25-17-6-3-2-4-7-17/h5,8-13,17H,2-4,6-7,14-15H2,1H3,(H,25,28). The van der Waals surface area contributed by atoms with Crippen molar-refractivity contribution in [1.82, 2.24) is 19.4 Å². The predicted molar refractivity (Wildman–Crippen MR) is 117 cm³/mol. The fraction of sp³-hybridized carbons (Fsp3) is 0.391. The molecule has 2 aromatic heterocycles. The van der Waals surface area contributed by atoms with Crippen molar-refractivity contribution in [2.24, 2.45) is 0 Å². The molecule has 8 nitrogen and oxygen atoms in total. The zero-order chi connectivity index (χ0) is 21.8. The summed E-state index contributed by atoms with van der Waals surface area (Å²) in [7, 11) is 1.57. The van der Waals surface area contributed by atoms with Gasteiger partial charge >= 0.3 is 5.69 Å². The van der Waals surface area contributed by atoms with Gasteiger partial charge < -0.3 is 10.1 Å². The van der Waals surface area contributed by atoms with Crippen molar-refractivity contribution in [3.05, 3.63) is 69.0 Å². The third-order valence-electron chi connectivity index (χ3n) is 5.76. The van der Waals surface area contributed by atoms with Crippen LogP contribution in [0.15, 0.2) is 52.2 Å². The van der Waals surface area contributed by atoms with Crippen molar-refractivity contribution in [3.8, 4) is 5.75 Å². The third kappa shape index (κ3) is 4.52. The number of methoxy groups -OCH3 is 1. The second kappa shape index (κ2) is 9.16. The molecule has 1 N–H and O–H groups in total. The summed E-state index contributed by atoms with van der Waals surface area (Å²) in [5.41, 5.74) is 0.303. The van der Waals surface area contributed by atoms with E-state index in [2.05, 4.69) is 10.3 Å². The average Bonchev–Trinajstić information content (AvgIpc) is 2.80. The first-order valence-electron chi connectivity index (χ1n) is 10.6. The molecule has 1 saturated carbocycles. The van der Waals surface area contributed by atoms with Crippen molar-refractivity contribution >= 4 is 16.9 Å². The summed E-state index contributed by atoms with van der Waals surface area (Å²) in [5, 5.41) is 3.04. The molecule has 1 aliphatic carbocycles. The maximum Gasteiger partial charge on any atom is 0.332 e. The Morgan fingerprint density at radius 3 is 2.55 bits per heavy atom. The number of carbonyl (C=O) groups excluding carboxylic acids is 1. The fourth-order valence-corrected chi connectivity index (χ4v) is 4.11. The molecule has 162 valence electrons. The summed E-state index contributed by atoms with van der Waals surface area (Å²) in [5.74, 6) is 0.460. The van der Waals surface area contributed by atoms with Gasteiger partial charge in [-0.1, -0.05) is 31.4 Å². The van der Waals surface area contributed by atoms with E-state index >= 15 is 0 Å². The van der Waals surface area contributed by atoms with Gasteiger partial charge in [0.05, 0.1) is 19.2 Å². The molecule has 2 heterocycles. The molecule has 1 amide bonds. The van der Waals surface area contributed by atoms with E-state index in [1.165, 1.54) is 17.2 Å². The van der Waals surface area contributed by atoms with Crippen LogP contribution in [0.4, 0.5) is 0 Å². The van der Waals surface area contributed by atoms with Gasteiger partial charge in [-0.25, -0.2) is 9.78 Å². The highest BCUT2D eigenvalue weighted by Gasteiger charge is 2.19. The highest BCUT2D eigenvalue weighted by molar-refractivity contribution is 5.79. The highest BCUT2D eigenvalue weighted by atomic mass is 16.5. The van der Waals surface area contributed by atoms with Gasteiger partial charge in [0.2, 0.25) is 5.91 Å². The number of ether oxygens (including phenoxy) is 1. The molecule has 0 spiro atoms. The predicted octanol–water partition coefficient (Wildman–Crippen LogP) is 2.06. The highest BCUT2D eigenvalue weighted by Crippen LogP contribution is 2.17. The Morgan fingerprint density at radius 2 is 1.84 bits per heavy atom. The van der Waals surface area contributed by atoms with E-state index in [1.807, 2.05) is 0 Å².